The van der Waals surface area contributed by atoms with Crippen molar-refractivity contribution in [2.45, 2.75) is 52.4 Å². The van der Waals surface area contributed by atoms with Crippen LogP contribution in [0.4, 0.5) is 0 Å². The first-order valence-electron chi connectivity index (χ1n) is 5.34. The predicted octanol–water partition coefficient (Wildman–Crippen LogP) is 1.81. The number of hydrogen-bond donors (Lipinski definition) is 1. The van der Waals surface area contributed by atoms with Crippen molar-refractivity contribution in [3.05, 3.63) is 0 Å². The lowest BCUT2D eigenvalue weighted by molar-refractivity contribution is -0.0478. The highest BCUT2D eigenvalue weighted by Crippen LogP contribution is 2.14. The van der Waals surface area contributed by atoms with Crippen molar-refractivity contribution < 1.29 is 9.47 Å². The predicted molar refractivity (Wildman–Crippen MR) is 59.6 cm³/mol. The summed E-state index contributed by atoms with van der Waals surface area (Å²) in [5, 5.41) is 3.38. The van der Waals surface area contributed by atoms with Gasteiger partial charge >= 0.3 is 0 Å². The van der Waals surface area contributed by atoms with E-state index in [0.717, 1.165) is 6.54 Å². The summed E-state index contributed by atoms with van der Waals surface area (Å²) in [6.45, 7) is 11.9. The van der Waals surface area contributed by atoms with Gasteiger partial charge in [-0.3, -0.25) is 0 Å². The lowest BCUT2D eigenvalue weighted by Gasteiger charge is -2.33. The fourth-order valence-corrected chi connectivity index (χ4v) is 1.18. The molecule has 0 spiro atoms. The fourth-order valence-electron chi connectivity index (χ4n) is 1.18. The van der Waals surface area contributed by atoms with E-state index in [2.05, 4.69) is 26.1 Å². The summed E-state index contributed by atoms with van der Waals surface area (Å²) in [5.41, 5.74) is -0.190. The van der Waals surface area contributed by atoms with Gasteiger partial charge in [0.1, 0.15) is 0 Å². The first-order chi connectivity index (χ1) is 6.44. The molecule has 0 aliphatic rings. The van der Waals surface area contributed by atoms with E-state index in [1.165, 1.54) is 0 Å². The van der Waals surface area contributed by atoms with E-state index in [1.807, 2.05) is 13.8 Å². The zero-order valence-electron chi connectivity index (χ0n) is 10.4. The van der Waals surface area contributed by atoms with E-state index in [4.69, 9.17) is 9.47 Å². The van der Waals surface area contributed by atoms with E-state index < -0.39 is 0 Å². The van der Waals surface area contributed by atoms with Crippen LogP contribution in [0.2, 0.25) is 0 Å². The van der Waals surface area contributed by atoms with Crippen LogP contribution in [0, 0.1) is 0 Å². The Morgan fingerprint density at radius 2 is 1.86 bits per heavy atom. The largest absolute Gasteiger partial charge is 0.377 e. The van der Waals surface area contributed by atoms with Gasteiger partial charge in [-0.2, -0.15) is 0 Å². The maximum atomic E-state index is 5.60. The second-order valence-corrected chi connectivity index (χ2v) is 4.30. The van der Waals surface area contributed by atoms with Crippen molar-refractivity contribution in [3.63, 3.8) is 0 Å². The second kappa shape index (κ2) is 6.38. The van der Waals surface area contributed by atoms with Gasteiger partial charge in [-0.1, -0.05) is 6.92 Å². The summed E-state index contributed by atoms with van der Waals surface area (Å²) in [6, 6.07) is 0.236. The van der Waals surface area contributed by atoms with Crippen molar-refractivity contribution in [1.29, 1.82) is 0 Å². The first-order valence-corrected chi connectivity index (χ1v) is 5.34. The summed E-state index contributed by atoms with van der Waals surface area (Å²) < 4.78 is 11.0. The lowest BCUT2D eigenvalue weighted by Crippen LogP contribution is -2.51. The summed E-state index contributed by atoms with van der Waals surface area (Å²) in [4.78, 5) is 0. The van der Waals surface area contributed by atoms with Crippen LogP contribution in [0.1, 0.15) is 34.6 Å². The first kappa shape index (κ1) is 13.9. The number of rotatable bonds is 7. The van der Waals surface area contributed by atoms with Gasteiger partial charge < -0.3 is 14.8 Å². The quantitative estimate of drug-likeness (QED) is 0.684. The Kier molecular flexibility index (Phi) is 6.33. The molecule has 0 bridgehead atoms. The molecule has 0 fully saturated rings. The molecule has 0 heterocycles. The Balaban J connectivity index is 4.13. The topological polar surface area (TPSA) is 30.5 Å². The Hall–Kier alpha value is -0.120. The molecule has 0 aromatic carbocycles. The minimum Gasteiger partial charge on any atom is -0.377 e. The van der Waals surface area contributed by atoms with Crippen LogP contribution >= 0.6 is 0 Å². The van der Waals surface area contributed by atoms with Gasteiger partial charge in [-0.25, -0.2) is 0 Å². The molecule has 3 heteroatoms. The maximum absolute atomic E-state index is 5.60. The molecule has 0 aromatic heterocycles. The molecule has 1 unspecified atom stereocenters. The van der Waals surface area contributed by atoms with Gasteiger partial charge in [0.2, 0.25) is 0 Å². The van der Waals surface area contributed by atoms with Crippen molar-refractivity contribution in [2.75, 3.05) is 20.3 Å². The monoisotopic (exact) mass is 203 g/mol. The Bertz CT molecular complexity index is 146. The third-order valence-corrected chi connectivity index (χ3v) is 2.41. The molecule has 0 saturated carbocycles. The summed E-state index contributed by atoms with van der Waals surface area (Å²) >= 11 is 0. The molecular formula is C11H25NO2. The van der Waals surface area contributed by atoms with E-state index in [-0.39, 0.29) is 17.7 Å². The standard InChI is InChI=1S/C11H25NO2/c1-7-12-10(8-14-9(2)3)11(4,5)13-6/h9-10,12H,7-8H2,1-6H3. The third-order valence-electron chi connectivity index (χ3n) is 2.41. The molecule has 1 atom stereocenters. The molecule has 0 radical (unpaired) electrons. The third kappa shape index (κ3) is 4.94. The zero-order valence-corrected chi connectivity index (χ0v) is 10.4. The number of nitrogens with one attached hydrogen (secondary N) is 1. The van der Waals surface area contributed by atoms with Crippen molar-refractivity contribution >= 4 is 0 Å². The fraction of sp³-hybridized carbons (Fsp3) is 1.00. The van der Waals surface area contributed by atoms with E-state index in [0.29, 0.717) is 6.61 Å². The minimum absolute atomic E-state index is 0.190. The molecule has 0 aliphatic carbocycles. The van der Waals surface area contributed by atoms with E-state index in [9.17, 15) is 0 Å². The van der Waals surface area contributed by atoms with Crippen LogP contribution in [0.3, 0.4) is 0 Å². The summed E-state index contributed by atoms with van der Waals surface area (Å²) in [7, 11) is 1.74. The average Bonchev–Trinajstić information content (AvgIpc) is 2.11. The molecular weight excluding hydrogens is 178 g/mol. The van der Waals surface area contributed by atoms with Crippen LogP contribution < -0.4 is 5.32 Å². The molecule has 0 amide bonds. The van der Waals surface area contributed by atoms with Gasteiger partial charge in [0.05, 0.1) is 24.4 Å². The summed E-state index contributed by atoms with van der Waals surface area (Å²) in [6.07, 6.45) is 0.267. The van der Waals surface area contributed by atoms with Gasteiger partial charge in [0.15, 0.2) is 0 Å². The molecule has 0 saturated heterocycles. The highest BCUT2D eigenvalue weighted by Gasteiger charge is 2.28. The molecule has 14 heavy (non-hydrogen) atoms. The Morgan fingerprint density at radius 1 is 1.29 bits per heavy atom. The van der Waals surface area contributed by atoms with Crippen molar-refractivity contribution in [3.8, 4) is 0 Å². The van der Waals surface area contributed by atoms with Crippen LogP contribution in [0.5, 0.6) is 0 Å². The van der Waals surface area contributed by atoms with Gasteiger partial charge in [0, 0.05) is 7.11 Å². The number of ether oxygens (including phenoxy) is 2. The summed E-state index contributed by atoms with van der Waals surface area (Å²) in [5.74, 6) is 0. The lowest BCUT2D eigenvalue weighted by atomic mass is 9.99. The van der Waals surface area contributed by atoms with Crippen LogP contribution in [-0.2, 0) is 9.47 Å². The number of hydrogen-bond acceptors (Lipinski definition) is 3. The SMILES string of the molecule is CCNC(COC(C)C)C(C)(C)OC. The zero-order chi connectivity index (χ0) is 11.2. The number of likely N-dealkylation sites (N-methyl/N-ethyl adjacent to an activating group) is 1. The highest BCUT2D eigenvalue weighted by molar-refractivity contribution is 4.85. The molecule has 86 valence electrons. The molecule has 0 rings (SSSR count). The number of methoxy groups -OCH3 is 1. The second-order valence-electron chi connectivity index (χ2n) is 4.30. The van der Waals surface area contributed by atoms with Gasteiger partial charge in [-0.15, -0.1) is 0 Å². The highest BCUT2D eigenvalue weighted by atomic mass is 16.5. The average molecular weight is 203 g/mol. The smallest absolute Gasteiger partial charge is 0.0797 e. The minimum atomic E-state index is -0.190. The molecule has 1 N–H and O–H groups in total. The van der Waals surface area contributed by atoms with Crippen molar-refractivity contribution in [2.24, 2.45) is 0 Å². The van der Waals surface area contributed by atoms with Crippen LogP contribution in [-0.4, -0.2) is 38.0 Å². The Morgan fingerprint density at radius 3 is 2.21 bits per heavy atom. The normalized spacial score (nSPS) is 14.8. The van der Waals surface area contributed by atoms with Gasteiger partial charge in [-0.05, 0) is 34.2 Å². The molecule has 0 aliphatic heterocycles. The van der Waals surface area contributed by atoms with Gasteiger partial charge in [0.25, 0.3) is 0 Å². The van der Waals surface area contributed by atoms with Crippen LogP contribution in [0.15, 0.2) is 0 Å². The molecule has 0 aromatic rings. The van der Waals surface area contributed by atoms with Crippen molar-refractivity contribution in [1.82, 2.24) is 5.32 Å². The Labute approximate surface area is 88.2 Å². The van der Waals surface area contributed by atoms with Crippen LogP contribution in [0.25, 0.3) is 0 Å². The van der Waals surface area contributed by atoms with E-state index in [1.54, 1.807) is 7.11 Å². The molecule has 3 nitrogen and oxygen atoms in total. The van der Waals surface area contributed by atoms with E-state index >= 15 is 0 Å². The maximum Gasteiger partial charge on any atom is 0.0797 e.